The van der Waals surface area contributed by atoms with Crippen LogP contribution in [0.3, 0.4) is 0 Å². The summed E-state index contributed by atoms with van der Waals surface area (Å²) in [6.45, 7) is 2.18. The van der Waals surface area contributed by atoms with Gasteiger partial charge in [0.25, 0.3) is 0 Å². The molecule has 0 spiro atoms. The van der Waals surface area contributed by atoms with Gasteiger partial charge in [0.2, 0.25) is 0 Å². The first-order valence-corrected chi connectivity index (χ1v) is 5.65. The van der Waals surface area contributed by atoms with Crippen LogP contribution in [0.4, 0.5) is 0 Å². The number of rotatable bonds is 5. The maximum absolute atomic E-state index is 11.2. The summed E-state index contributed by atoms with van der Waals surface area (Å²) in [5, 5.41) is 0.697. The van der Waals surface area contributed by atoms with Crippen LogP contribution in [0.2, 0.25) is 5.02 Å². The number of hydrogen-bond acceptors (Lipinski definition) is 3. The minimum Gasteiger partial charge on any atom is -0.466 e. The second-order valence-electron chi connectivity index (χ2n) is 3.60. The molecule has 1 atom stereocenters. The fraction of sp³-hybridized carbons (Fsp3) is 0.417. The zero-order chi connectivity index (χ0) is 12.0. The van der Waals surface area contributed by atoms with Crippen molar-refractivity contribution in [3.05, 3.63) is 34.9 Å². The molecule has 0 heterocycles. The highest BCUT2D eigenvalue weighted by molar-refractivity contribution is 6.30. The minimum atomic E-state index is -0.246. The highest BCUT2D eigenvalue weighted by atomic mass is 35.5. The van der Waals surface area contributed by atoms with E-state index in [-0.39, 0.29) is 18.4 Å². The minimum absolute atomic E-state index is 0.208. The topological polar surface area (TPSA) is 52.3 Å². The molecule has 0 amide bonds. The molecule has 0 aliphatic heterocycles. The average Bonchev–Trinajstić information content (AvgIpc) is 2.21. The maximum Gasteiger partial charge on any atom is 0.307 e. The number of hydrogen-bond donors (Lipinski definition) is 1. The summed E-state index contributed by atoms with van der Waals surface area (Å²) in [4.78, 5) is 11.2. The van der Waals surface area contributed by atoms with Gasteiger partial charge in [-0.05, 0) is 31.0 Å². The van der Waals surface area contributed by atoms with Gasteiger partial charge in [-0.25, -0.2) is 0 Å². The zero-order valence-corrected chi connectivity index (χ0v) is 10.0. The smallest absolute Gasteiger partial charge is 0.307 e. The SMILES string of the molecule is CCOC(=O)C[C@@H](N)Cc1ccc(Cl)cc1. The van der Waals surface area contributed by atoms with Crippen molar-refractivity contribution in [2.24, 2.45) is 5.73 Å². The number of ether oxygens (including phenoxy) is 1. The van der Waals surface area contributed by atoms with Crippen molar-refractivity contribution in [2.75, 3.05) is 6.61 Å². The maximum atomic E-state index is 11.2. The molecule has 88 valence electrons. The van der Waals surface area contributed by atoms with E-state index in [1.165, 1.54) is 0 Å². The zero-order valence-electron chi connectivity index (χ0n) is 9.28. The second-order valence-corrected chi connectivity index (χ2v) is 4.04. The Bertz CT molecular complexity index is 337. The Labute approximate surface area is 101 Å². The average molecular weight is 242 g/mol. The standard InChI is InChI=1S/C12H16ClNO2/c1-2-16-12(15)8-11(14)7-9-3-5-10(13)6-4-9/h3-6,11H,2,7-8,14H2,1H3/t11-/m0/s1. The molecule has 1 rings (SSSR count). The van der Waals surface area contributed by atoms with E-state index >= 15 is 0 Å². The van der Waals surface area contributed by atoms with E-state index < -0.39 is 0 Å². The van der Waals surface area contributed by atoms with E-state index in [0.29, 0.717) is 18.1 Å². The molecule has 0 saturated heterocycles. The van der Waals surface area contributed by atoms with Crippen molar-refractivity contribution in [2.45, 2.75) is 25.8 Å². The second kappa shape index (κ2) is 6.51. The van der Waals surface area contributed by atoms with E-state index in [1.807, 2.05) is 24.3 Å². The van der Waals surface area contributed by atoms with Crippen molar-refractivity contribution >= 4 is 17.6 Å². The van der Waals surface area contributed by atoms with E-state index in [0.717, 1.165) is 5.56 Å². The molecule has 3 nitrogen and oxygen atoms in total. The Morgan fingerprint density at radius 1 is 1.44 bits per heavy atom. The summed E-state index contributed by atoms with van der Waals surface area (Å²) >= 11 is 5.77. The third-order valence-electron chi connectivity index (χ3n) is 2.15. The monoisotopic (exact) mass is 241 g/mol. The van der Waals surface area contributed by atoms with Gasteiger partial charge in [0.15, 0.2) is 0 Å². The predicted molar refractivity (Wildman–Crippen MR) is 64.4 cm³/mol. The number of nitrogens with two attached hydrogens (primary N) is 1. The number of carbonyl (C=O) groups is 1. The molecular weight excluding hydrogens is 226 g/mol. The summed E-state index contributed by atoms with van der Waals surface area (Å²) in [5.41, 5.74) is 6.91. The quantitative estimate of drug-likeness (QED) is 0.804. The molecule has 1 aromatic rings. The van der Waals surface area contributed by atoms with Gasteiger partial charge in [-0.1, -0.05) is 23.7 Å². The first-order valence-electron chi connectivity index (χ1n) is 5.27. The van der Waals surface area contributed by atoms with Crippen LogP contribution in [0.15, 0.2) is 24.3 Å². The Balaban J connectivity index is 2.42. The number of carbonyl (C=O) groups excluding carboxylic acids is 1. The molecular formula is C12H16ClNO2. The lowest BCUT2D eigenvalue weighted by Gasteiger charge is -2.10. The van der Waals surface area contributed by atoms with Crippen LogP contribution in [0.5, 0.6) is 0 Å². The van der Waals surface area contributed by atoms with Crippen LogP contribution in [-0.4, -0.2) is 18.6 Å². The van der Waals surface area contributed by atoms with Crippen LogP contribution < -0.4 is 5.73 Å². The Hall–Kier alpha value is -1.06. The predicted octanol–water partition coefficient (Wildman–Crippen LogP) is 2.16. The van der Waals surface area contributed by atoms with Crippen LogP contribution >= 0.6 is 11.6 Å². The van der Waals surface area contributed by atoms with Gasteiger partial charge in [-0.2, -0.15) is 0 Å². The third-order valence-corrected chi connectivity index (χ3v) is 2.40. The van der Waals surface area contributed by atoms with E-state index in [9.17, 15) is 4.79 Å². The number of halogens is 1. The molecule has 0 aliphatic rings. The van der Waals surface area contributed by atoms with Crippen molar-refractivity contribution in [1.29, 1.82) is 0 Å². The molecule has 0 aliphatic carbocycles. The fourth-order valence-electron chi connectivity index (χ4n) is 1.43. The largest absolute Gasteiger partial charge is 0.466 e. The molecule has 0 fully saturated rings. The van der Waals surface area contributed by atoms with Crippen LogP contribution in [0, 0.1) is 0 Å². The summed E-state index contributed by atoms with van der Waals surface area (Å²) in [5.74, 6) is -0.246. The van der Waals surface area contributed by atoms with Gasteiger partial charge in [-0.15, -0.1) is 0 Å². The van der Waals surface area contributed by atoms with Gasteiger partial charge in [-0.3, -0.25) is 4.79 Å². The molecule has 0 unspecified atom stereocenters. The van der Waals surface area contributed by atoms with Gasteiger partial charge in [0, 0.05) is 11.1 Å². The summed E-state index contributed by atoms with van der Waals surface area (Å²) in [6, 6.07) is 7.24. The lowest BCUT2D eigenvalue weighted by molar-refractivity contribution is -0.143. The molecule has 0 bridgehead atoms. The number of esters is 1. The first-order chi connectivity index (χ1) is 7.61. The summed E-state index contributed by atoms with van der Waals surface area (Å²) < 4.78 is 4.83. The lowest BCUT2D eigenvalue weighted by atomic mass is 10.0. The third kappa shape index (κ3) is 4.64. The summed E-state index contributed by atoms with van der Waals surface area (Å²) in [6.07, 6.45) is 0.895. The van der Waals surface area contributed by atoms with Crippen LogP contribution in [0.1, 0.15) is 18.9 Å². The normalized spacial score (nSPS) is 12.2. The van der Waals surface area contributed by atoms with Gasteiger partial charge >= 0.3 is 5.97 Å². The van der Waals surface area contributed by atoms with E-state index in [2.05, 4.69) is 0 Å². The highest BCUT2D eigenvalue weighted by Gasteiger charge is 2.10. The molecule has 0 saturated carbocycles. The van der Waals surface area contributed by atoms with E-state index in [1.54, 1.807) is 6.92 Å². The van der Waals surface area contributed by atoms with Gasteiger partial charge < -0.3 is 10.5 Å². The Kier molecular flexibility index (Phi) is 5.29. The summed E-state index contributed by atoms with van der Waals surface area (Å²) in [7, 11) is 0. The van der Waals surface area contributed by atoms with Gasteiger partial charge in [0.1, 0.15) is 0 Å². The first kappa shape index (κ1) is 13.0. The molecule has 2 N–H and O–H groups in total. The van der Waals surface area contributed by atoms with Crippen LogP contribution in [-0.2, 0) is 16.0 Å². The fourth-order valence-corrected chi connectivity index (χ4v) is 1.56. The molecule has 0 radical (unpaired) electrons. The van der Waals surface area contributed by atoms with Crippen molar-refractivity contribution in [3.63, 3.8) is 0 Å². The lowest BCUT2D eigenvalue weighted by Crippen LogP contribution is -2.27. The number of benzene rings is 1. The van der Waals surface area contributed by atoms with Crippen LogP contribution in [0.25, 0.3) is 0 Å². The molecule has 1 aromatic carbocycles. The van der Waals surface area contributed by atoms with E-state index in [4.69, 9.17) is 22.1 Å². The molecule has 16 heavy (non-hydrogen) atoms. The van der Waals surface area contributed by atoms with Crippen molar-refractivity contribution in [1.82, 2.24) is 0 Å². The molecule has 0 aromatic heterocycles. The Morgan fingerprint density at radius 2 is 2.06 bits per heavy atom. The highest BCUT2D eigenvalue weighted by Crippen LogP contribution is 2.11. The Morgan fingerprint density at radius 3 is 2.62 bits per heavy atom. The van der Waals surface area contributed by atoms with Gasteiger partial charge in [0.05, 0.1) is 13.0 Å². The van der Waals surface area contributed by atoms with Crippen molar-refractivity contribution in [3.8, 4) is 0 Å². The molecule has 4 heteroatoms. The van der Waals surface area contributed by atoms with Crippen molar-refractivity contribution < 1.29 is 9.53 Å².